The van der Waals surface area contributed by atoms with Crippen molar-refractivity contribution in [3.63, 3.8) is 0 Å². The summed E-state index contributed by atoms with van der Waals surface area (Å²) in [5.74, 6) is 0. The van der Waals surface area contributed by atoms with Crippen molar-refractivity contribution in [2.24, 2.45) is 5.73 Å². The van der Waals surface area contributed by atoms with Crippen molar-refractivity contribution in [1.29, 1.82) is 0 Å². The summed E-state index contributed by atoms with van der Waals surface area (Å²) in [5.41, 5.74) is 5.55. The zero-order chi connectivity index (χ0) is 11.0. The van der Waals surface area contributed by atoms with Crippen molar-refractivity contribution in [2.75, 3.05) is 20.3 Å². The standard InChI is InChI=1S/C11H25NO2/c1-10(12)6-5-8-14-9-7-11(2,3)13-4/h10H,5-9,12H2,1-4H3. The maximum Gasteiger partial charge on any atom is 0.0644 e. The monoisotopic (exact) mass is 203 g/mol. The molecular weight excluding hydrogens is 178 g/mol. The van der Waals surface area contributed by atoms with E-state index in [1.807, 2.05) is 6.92 Å². The Morgan fingerprint density at radius 1 is 1.29 bits per heavy atom. The first-order chi connectivity index (χ1) is 6.48. The van der Waals surface area contributed by atoms with Gasteiger partial charge in [0.15, 0.2) is 0 Å². The summed E-state index contributed by atoms with van der Waals surface area (Å²) < 4.78 is 10.8. The van der Waals surface area contributed by atoms with Gasteiger partial charge in [0.05, 0.1) is 5.60 Å². The van der Waals surface area contributed by atoms with Crippen LogP contribution in [0.1, 0.15) is 40.0 Å². The van der Waals surface area contributed by atoms with Crippen molar-refractivity contribution in [3.05, 3.63) is 0 Å². The van der Waals surface area contributed by atoms with Crippen LogP contribution in [0.3, 0.4) is 0 Å². The summed E-state index contributed by atoms with van der Waals surface area (Å²) >= 11 is 0. The highest BCUT2D eigenvalue weighted by Crippen LogP contribution is 2.12. The van der Waals surface area contributed by atoms with Gasteiger partial charge in [-0.15, -0.1) is 0 Å². The van der Waals surface area contributed by atoms with Gasteiger partial charge in [0.1, 0.15) is 0 Å². The molecule has 0 aliphatic carbocycles. The van der Waals surface area contributed by atoms with Gasteiger partial charge < -0.3 is 15.2 Å². The Balaban J connectivity index is 3.21. The van der Waals surface area contributed by atoms with Crippen LogP contribution >= 0.6 is 0 Å². The highest BCUT2D eigenvalue weighted by atomic mass is 16.5. The molecule has 0 amide bonds. The van der Waals surface area contributed by atoms with Crippen LogP contribution in [0.15, 0.2) is 0 Å². The first kappa shape index (κ1) is 13.9. The molecule has 0 spiro atoms. The highest BCUT2D eigenvalue weighted by molar-refractivity contribution is 4.66. The fourth-order valence-corrected chi connectivity index (χ4v) is 1.03. The van der Waals surface area contributed by atoms with Crippen LogP contribution in [-0.4, -0.2) is 32.0 Å². The van der Waals surface area contributed by atoms with E-state index in [9.17, 15) is 0 Å². The van der Waals surface area contributed by atoms with Gasteiger partial charge in [0.25, 0.3) is 0 Å². The normalized spacial score (nSPS) is 14.4. The van der Waals surface area contributed by atoms with Gasteiger partial charge in [-0.1, -0.05) is 0 Å². The summed E-state index contributed by atoms with van der Waals surface area (Å²) in [6.45, 7) is 7.73. The van der Waals surface area contributed by atoms with Gasteiger partial charge in [-0.2, -0.15) is 0 Å². The van der Waals surface area contributed by atoms with Crippen molar-refractivity contribution >= 4 is 0 Å². The largest absolute Gasteiger partial charge is 0.381 e. The maximum absolute atomic E-state index is 5.62. The van der Waals surface area contributed by atoms with Crippen molar-refractivity contribution in [3.8, 4) is 0 Å². The average molecular weight is 203 g/mol. The predicted molar refractivity (Wildman–Crippen MR) is 59.4 cm³/mol. The van der Waals surface area contributed by atoms with Crippen LogP contribution in [0.5, 0.6) is 0 Å². The minimum Gasteiger partial charge on any atom is -0.381 e. The number of rotatable bonds is 8. The number of nitrogens with two attached hydrogens (primary N) is 1. The van der Waals surface area contributed by atoms with Crippen LogP contribution < -0.4 is 5.73 Å². The SMILES string of the molecule is COC(C)(C)CCOCCCC(C)N. The van der Waals surface area contributed by atoms with E-state index in [0.717, 1.165) is 32.5 Å². The van der Waals surface area contributed by atoms with Crippen molar-refractivity contribution in [2.45, 2.75) is 51.7 Å². The molecule has 0 radical (unpaired) electrons. The third kappa shape index (κ3) is 8.48. The van der Waals surface area contributed by atoms with Gasteiger partial charge in [-0.3, -0.25) is 0 Å². The molecule has 0 aliphatic heterocycles. The van der Waals surface area contributed by atoms with Crippen LogP contribution in [0.4, 0.5) is 0 Å². The molecule has 1 atom stereocenters. The van der Waals surface area contributed by atoms with Crippen LogP contribution in [0, 0.1) is 0 Å². The fraction of sp³-hybridized carbons (Fsp3) is 1.00. The smallest absolute Gasteiger partial charge is 0.0644 e. The number of hydrogen-bond donors (Lipinski definition) is 1. The summed E-state index contributed by atoms with van der Waals surface area (Å²) in [6, 6.07) is 0.286. The van der Waals surface area contributed by atoms with E-state index in [1.54, 1.807) is 7.11 Å². The minimum atomic E-state index is -0.0683. The van der Waals surface area contributed by atoms with E-state index < -0.39 is 0 Å². The first-order valence-corrected chi connectivity index (χ1v) is 5.36. The third-order valence-electron chi connectivity index (χ3n) is 2.35. The molecular formula is C11H25NO2. The molecule has 0 aromatic heterocycles. The number of ether oxygens (including phenoxy) is 2. The summed E-state index contributed by atoms with van der Waals surface area (Å²) in [7, 11) is 1.73. The van der Waals surface area contributed by atoms with Crippen LogP contribution in [-0.2, 0) is 9.47 Å². The maximum atomic E-state index is 5.62. The van der Waals surface area contributed by atoms with E-state index in [4.69, 9.17) is 15.2 Å². The molecule has 0 aromatic rings. The second-order valence-electron chi connectivity index (χ2n) is 4.45. The molecule has 86 valence electrons. The average Bonchev–Trinajstić information content (AvgIpc) is 2.10. The zero-order valence-corrected chi connectivity index (χ0v) is 10.0. The Kier molecular flexibility index (Phi) is 7.15. The summed E-state index contributed by atoms with van der Waals surface area (Å²) in [5, 5.41) is 0. The Hall–Kier alpha value is -0.120. The van der Waals surface area contributed by atoms with Crippen molar-refractivity contribution in [1.82, 2.24) is 0 Å². The summed E-state index contributed by atoms with van der Waals surface area (Å²) in [6.07, 6.45) is 3.01. The number of methoxy groups -OCH3 is 1. The molecule has 3 heteroatoms. The quantitative estimate of drug-likeness (QED) is 0.613. The Morgan fingerprint density at radius 3 is 2.43 bits per heavy atom. The van der Waals surface area contributed by atoms with E-state index in [1.165, 1.54) is 0 Å². The van der Waals surface area contributed by atoms with Crippen LogP contribution in [0.25, 0.3) is 0 Å². The molecule has 2 N–H and O–H groups in total. The first-order valence-electron chi connectivity index (χ1n) is 5.36. The highest BCUT2D eigenvalue weighted by Gasteiger charge is 2.15. The molecule has 0 aliphatic rings. The lowest BCUT2D eigenvalue weighted by molar-refractivity contribution is -0.0102. The molecule has 1 unspecified atom stereocenters. The number of hydrogen-bond acceptors (Lipinski definition) is 3. The van der Waals surface area contributed by atoms with Gasteiger partial charge >= 0.3 is 0 Å². The Bertz CT molecular complexity index is 135. The second-order valence-corrected chi connectivity index (χ2v) is 4.45. The molecule has 0 saturated heterocycles. The molecule has 0 rings (SSSR count). The lowest BCUT2D eigenvalue weighted by Gasteiger charge is -2.22. The van der Waals surface area contributed by atoms with Gasteiger partial charge in [0, 0.05) is 26.4 Å². The van der Waals surface area contributed by atoms with E-state index in [2.05, 4.69) is 13.8 Å². The molecule has 0 aromatic carbocycles. The molecule has 0 heterocycles. The fourth-order valence-electron chi connectivity index (χ4n) is 1.03. The lowest BCUT2D eigenvalue weighted by atomic mass is 10.1. The van der Waals surface area contributed by atoms with Gasteiger partial charge in [-0.05, 0) is 40.0 Å². The Morgan fingerprint density at radius 2 is 1.93 bits per heavy atom. The topological polar surface area (TPSA) is 44.5 Å². The van der Waals surface area contributed by atoms with E-state index >= 15 is 0 Å². The van der Waals surface area contributed by atoms with E-state index in [0.29, 0.717) is 0 Å². The zero-order valence-electron chi connectivity index (χ0n) is 10.0. The predicted octanol–water partition coefficient (Wildman–Crippen LogP) is 1.95. The van der Waals surface area contributed by atoms with Gasteiger partial charge in [0.2, 0.25) is 0 Å². The second kappa shape index (κ2) is 7.21. The molecule has 0 fully saturated rings. The molecule has 0 bridgehead atoms. The minimum absolute atomic E-state index is 0.0683. The third-order valence-corrected chi connectivity index (χ3v) is 2.35. The summed E-state index contributed by atoms with van der Waals surface area (Å²) in [4.78, 5) is 0. The Labute approximate surface area is 88.0 Å². The van der Waals surface area contributed by atoms with Crippen LogP contribution in [0.2, 0.25) is 0 Å². The molecule has 14 heavy (non-hydrogen) atoms. The molecule has 3 nitrogen and oxygen atoms in total. The van der Waals surface area contributed by atoms with Crippen molar-refractivity contribution < 1.29 is 9.47 Å². The van der Waals surface area contributed by atoms with Gasteiger partial charge in [-0.25, -0.2) is 0 Å². The molecule has 0 saturated carbocycles. The van der Waals surface area contributed by atoms with E-state index in [-0.39, 0.29) is 11.6 Å². The lowest BCUT2D eigenvalue weighted by Crippen LogP contribution is -2.24.